The molecule has 1 aliphatic carbocycles. The summed E-state index contributed by atoms with van der Waals surface area (Å²) < 4.78 is 26.4. The highest BCUT2D eigenvalue weighted by Crippen LogP contribution is 2.54. The van der Waals surface area contributed by atoms with Gasteiger partial charge in [0.05, 0.1) is 29.6 Å². The van der Waals surface area contributed by atoms with E-state index in [1.165, 1.54) is 6.07 Å². The van der Waals surface area contributed by atoms with E-state index in [1.807, 2.05) is 13.0 Å². The van der Waals surface area contributed by atoms with Crippen LogP contribution in [-0.2, 0) is 16.0 Å². The van der Waals surface area contributed by atoms with Gasteiger partial charge in [-0.25, -0.2) is 4.39 Å². The highest BCUT2D eigenvalue weighted by molar-refractivity contribution is 9.10. The predicted octanol–water partition coefficient (Wildman–Crippen LogP) is 5.59. The van der Waals surface area contributed by atoms with E-state index in [0.29, 0.717) is 27.8 Å². The van der Waals surface area contributed by atoms with Crippen molar-refractivity contribution < 1.29 is 23.8 Å². The Hall–Kier alpha value is -2.18. The highest BCUT2D eigenvalue weighted by atomic mass is 79.9. The van der Waals surface area contributed by atoms with Gasteiger partial charge >= 0.3 is 0 Å². The van der Waals surface area contributed by atoms with Crippen LogP contribution in [0.5, 0.6) is 11.5 Å². The van der Waals surface area contributed by atoms with E-state index in [2.05, 4.69) is 15.9 Å². The van der Waals surface area contributed by atoms with Gasteiger partial charge in [-0.15, -0.1) is 0 Å². The topological polar surface area (TPSA) is 55.8 Å². The number of carbonyl (C=O) groups is 1. The van der Waals surface area contributed by atoms with Gasteiger partial charge < -0.3 is 14.6 Å². The van der Waals surface area contributed by atoms with Crippen molar-refractivity contribution in [3.8, 4) is 11.5 Å². The zero-order valence-corrected chi connectivity index (χ0v) is 17.4. The first kappa shape index (κ1) is 18.8. The lowest BCUT2D eigenvalue weighted by Crippen LogP contribution is -2.29. The molecule has 0 radical (unpaired) electrons. The van der Waals surface area contributed by atoms with Gasteiger partial charge in [-0.2, -0.15) is 0 Å². The van der Waals surface area contributed by atoms with Crippen molar-refractivity contribution in [1.82, 2.24) is 0 Å². The van der Waals surface area contributed by atoms with Crippen LogP contribution in [0.25, 0.3) is 5.57 Å². The minimum absolute atomic E-state index is 0.0543. The molecule has 2 heterocycles. The Morgan fingerprint density at radius 1 is 1.17 bits per heavy atom. The largest absolute Gasteiger partial charge is 0.511 e. The number of ketones is 1. The van der Waals surface area contributed by atoms with E-state index < -0.39 is 5.82 Å². The lowest BCUT2D eigenvalue weighted by Gasteiger charge is -2.19. The molecule has 1 N–H and O–H groups in total. The molecule has 5 rings (SSSR count). The number of aryl methyl sites for hydroxylation is 1. The number of ether oxygens (including phenoxy) is 2. The molecule has 29 heavy (non-hydrogen) atoms. The maximum atomic E-state index is 14.2. The van der Waals surface area contributed by atoms with Crippen LogP contribution in [0, 0.1) is 17.7 Å². The van der Waals surface area contributed by atoms with E-state index in [4.69, 9.17) is 9.47 Å². The Balaban J connectivity index is 1.54. The number of hydrogen-bond acceptors (Lipinski definition) is 4. The number of aliphatic hydroxyl groups is 1. The van der Waals surface area contributed by atoms with Gasteiger partial charge in [0.1, 0.15) is 11.5 Å². The third-order valence-electron chi connectivity index (χ3n) is 6.25. The maximum Gasteiger partial charge on any atom is 0.173 e. The second-order valence-electron chi connectivity index (χ2n) is 7.82. The number of carbonyl (C=O) groups excluding carboxylic acids is 1. The summed E-state index contributed by atoms with van der Waals surface area (Å²) in [6.07, 6.45) is 2.27. The molecule has 4 atom stereocenters. The molecule has 0 aromatic heterocycles. The molecule has 0 spiro atoms. The van der Waals surface area contributed by atoms with Crippen molar-refractivity contribution in [1.29, 1.82) is 0 Å². The van der Waals surface area contributed by atoms with Crippen molar-refractivity contribution in [2.75, 3.05) is 0 Å². The normalized spacial score (nSPS) is 27.6. The zero-order valence-electron chi connectivity index (χ0n) is 15.8. The Morgan fingerprint density at radius 2 is 1.93 bits per heavy atom. The first-order valence-electron chi connectivity index (χ1n) is 9.87. The quantitative estimate of drug-likeness (QED) is 0.648. The molecule has 2 fully saturated rings. The molecule has 0 amide bonds. The fraction of sp³-hybridized carbons (Fsp3) is 0.348. The summed E-state index contributed by atoms with van der Waals surface area (Å²) in [6, 6.07) is 9.94. The zero-order chi connectivity index (χ0) is 20.3. The molecule has 2 aliphatic heterocycles. The van der Waals surface area contributed by atoms with Crippen LogP contribution in [0.3, 0.4) is 0 Å². The molecule has 4 nitrogen and oxygen atoms in total. The number of benzene rings is 2. The number of halogens is 2. The van der Waals surface area contributed by atoms with Crippen molar-refractivity contribution >= 4 is 27.3 Å². The van der Waals surface area contributed by atoms with E-state index in [-0.39, 0.29) is 41.3 Å². The molecule has 0 unspecified atom stereocenters. The van der Waals surface area contributed by atoms with Crippen LogP contribution in [-0.4, -0.2) is 23.1 Å². The standard InChI is InChI=1S/C23H20BrFO4/c1-2-11-3-5-13(28-16-6-4-12(24)9-15(16)25)10-14(11)19-22(26)20-17-7-8-18(29-17)21(20)23(19)27/h3-6,9-10,17-18,20-21,26H,2,7-8H2,1H3/t17-,18+,20+,21-/m0/s1. The van der Waals surface area contributed by atoms with Gasteiger partial charge in [0.25, 0.3) is 0 Å². The van der Waals surface area contributed by atoms with Gasteiger partial charge in [-0.1, -0.05) is 28.9 Å². The lowest BCUT2D eigenvalue weighted by molar-refractivity contribution is -0.118. The number of hydrogen-bond donors (Lipinski definition) is 1. The van der Waals surface area contributed by atoms with Crippen molar-refractivity contribution in [3.05, 3.63) is 63.6 Å². The molecule has 0 saturated carbocycles. The van der Waals surface area contributed by atoms with Crippen LogP contribution >= 0.6 is 15.9 Å². The molecule has 2 saturated heterocycles. The molecule has 2 aromatic carbocycles. The van der Waals surface area contributed by atoms with Crippen LogP contribution in [0.4, 0.5) is 4.39 Å². The van der Waals surface area contributed by atoms with E-state index in [0.717, 1.165) is 18.4 Å². The number of Topliss-reactive ketones (excluding diaryl/α,β-unsaturated/α-hetero) is 1. The number of rotatable bonds is 4. The molecular formula is C23H20BrFO4. The van der Waals surface area contributed by atoms with Crippen molar-refractivity contribution in [2.24, 2.45) is 11.8 Å². The second-order valence-corrected chi connectivity index (χ2v) is 8.73. The van der Waals surface area contributed by atoms with E-state index in [1.54, 1.807) is 24.3 Å². The molecule has 3 aliphatic rings. The van der Waals surface area contributed by atoms with Crippen LogP contribution in [0.15, 0.2) is 46.6 Å². The van der Waals surface area contributed by atoms with Crippen LogP contribution < -0.4 is 4.74 Å². The third kappa shape index (κ3) is 2.92. The second kappa shape index (κ2) is 6.96. The number of aliphatic hydroxyl groups excluding tert-OH is 1. The predicted molar refractivity (Wildman–Crippen MR) is 109 cm³/mol. The summed E-state index contributed by atoms with van der Waals surface area (Å²) in [5.41, 5.74) is 1.98. The summed E-state index contributed by atoms with van der Waals surface area (Å²) in [7, 11) is 0. The van der Waals surface area contributed by atoms with Gasteiger partial charge in [-0.3, -0.25) is 4.79 Å². The summed E-state index contributed by atoms with van der Waals surface area (Å²) in [4.78, 5) is 13.2. The maximum absolute atomic E-state index is 14.2. The van der Waals surface area contributed by atoms with Gasteiger partial charge in [0.2, 0.25) is 0 Å². The Bertz CT molecular complexity index is 1050. The summed E-state index contributed by atoms with van der Waals surface area (Å²) in [6.45, 7) is 2.00. The molecular weight excluding hydrogens is 439 g/mol. The Labute approximate surface area is 176 Å². The smallest absolute Gasteiger partial charge is 0.173 e. The fourth-order valence-electron chi connectivity index (χ4n) is 4.93. The summed E-state index contributed by atoms with van der Waals surface area (Å²) in [5.74, 6) is -0.417. The van der Waals surface area contributed by atoms with E-state index >= 15 is 0 Å². The summed E-state index contributed by atoms with van der Waals surface area (Å²) >= 11 is 3.23. The Kier molecular flexibility index (Phi) is 4.51. The fourth-order valence-corrected chi connectivity index (χ4v) is 5.27. The summed E-state index contributed by atoms with van der Waals surface area (Å²) in [5, 5.41) is 11.0. The monoisotopic (exact) mass is 458 g/mol. The minimum atomic E-state index is -0.484. The molecule has 6 heteroatoms. The number of allylic oxidation sites excluding steroid dienone is 1. The number of fused-ring (bicyclic) bond motifs is 5. The van der Waals surface area contributed by atoms with Crippen molar-refractivity contribution in [2.45, 2.75) is 38.4 Å². The van der Waals surface area contributed by atoms with Gasteiger partial charge in [-0.05, 0) is 60.7 Å². The van der Waals surface area contributed by atoms with Gasteiger partial charge in [0.15, 0.2) is 17.3 Å². The first-order chi connectivity index (χ1) is 14.0. The van der Waals surface area contributed by atoms with Crippen LogP contribution in [0.1, 0.15) is 30.9 Å². The van der Waals surface area contributed by atoms with E-state index in [9.17, 15) is 14.3 Å². The first-order valence-corrected chi connectivity index (χ1v) is 10.7. The van der Waals surface area contributed by atoms with Gasteiger partial charge in [0, 0.05) is 4.47 Å². The average molecular weight is 459 g/mol. The molecule has 2 bridgehead atoms. The highest BCUT2D eigenvalue weighted by Gasteiger charge is 2.59. The minimum Gasteiger partial charge on any atom is -0.511 e. The third-order valence-corrected chi connectivity index (χ3v) is 6.74. The van der Waals surface area contributed by atoms with Crippen molar-refractivity contribution in [3.63, 3.8) is 0 Å². The molecule has 150 valence electrons. The molecule has 2 aromatic rings. The SMILES string of the molecule is CCc1ccc(Oc2ccc(Br)cc2F)cc1C1=C(O)[C@H]2[C@@H](C1=O)[C@H]1CC[C@@H]2O1. The van der Waals surface area contributed by atoms with Crippen LogP contribution in [0.2, 0.25) is 0 Å². The lowest BCUT2D eigenvalue weighted by atomic mass is 9.80. The Morgan fingerprint density at radius 3 is 2.62 bits per heavy atom. The average Bonchev–Trinajstić information content (AvgIpc) is 3.38.